The zero-order chi connectivity index (χ0) is 19.9. The summed E-state index contributed by atoms with van der Waals surface area (Å²) < 4.78 is 2.76. The molecule has 0 aliphatic rings. The molecule has 0 saturated carbocycles. The predicted octanol–water partition coefficient (Wildman–Crippen LogP) is 3.29. The minimum Gasteiger partial charge on any atom is -0.352 e. The standard InChI is InChI=1S/C20H20BrN5O2/c1-2-26-13-23-25-18(26)9-10-22-19(27)15-6-4-8-17(12-15)24-20(28)14-5-3-7-16(21)11-14/h3-8,11-13H,2,9-10H2,1H3,(H,22,27)(H,24,28). The van der Waals surface area contributed by atoms with Gasteiger partial charge in [-0.2, -0.15) is 0 Å². The Hall–Kier alpha value is -3.00. The van der Waals surface area contributed by atoms with E-state index in [4.69, 9.17) is 0 Å². The van der Waals surface area contributed by atoms with E-state index in [1.54, 1.807) is 48.8 Å². The first kappa shape index (κ1) is 19.8. The molecule has 0 saturated heterocycles. The number of hydrogen-bond acceptors (Lipinski definition) is 4. The van der Waals surface area contributed by atoms with Crippen LogP contribution in [0.15, 0.2) is 59.3 Å². The number of nitrogens with one attached hydrogen (secondary N) is 2. The van der Waals surface area contributed by atoms with E-state index in [-0.39, 0.29) is 11.8 Å². The molecule has 7 nitrogen and oxygen atoms in total. The Morgan fingerprint density at radius 2 is 1.82 bits per heavy atom. The first-order chi connectivity index (χ1) is 13.6. The highest BCUT2D eigenvalue weighted by atomic mass is 79.9. The second-order valence-electron chi connectivity index (χ2n) is 6.08. The van der Waals surface area contributed by atoms with Crippen LogP contribution in [0.25, 0.3) is 0 Å². The lowest BCUT2D eigenvalue weighted by Gasteiger charge is -2.09. The molecule has 8 heteroatoms. The van der Waals surface area contributed by atoms with Gasteiger partial charge in [-0.1, -0.05) is 28.1 Å². The molecule has 1 heterocycles. The largest absolute Gasteiger partial charge is 0.352 e. The molecule has 0 fully saturated rings. The van der Waals surface area contributed by atoms with Crippen molar-refractivity contribution in [1.29, 1.82) is 0 Å². The lowest BCUT2D eigenvalue weighted by atomic mass is 10.1. The van der Waals surface area contributed by atoms with Crippen molar-refractivity contribution in [2.24, 2.45) is 0 Å². The summed E-state index contributed by atoms with van der Waals surface area (Å²) in [6.07, 6.45) is 2.27. The number of hydrogen-bond donors (Lipinski definition) is 2. The molecule has 0 spiro atoms. The monoisotopic (exact) mass is 441 g/mol. The van der Waals surface area contributed by atoms with Crippen molar-refractivity contribution in [1.82, 2.24) is 20.1 Å². The second-order valence-corrected chi connectivity index (χ2v) is 7.00. The van der Waals surface area contributed by atoms with Gasteiger partial charge in [0.25, 0.3) is 11.8 Å². The van der Waals surface area contributed by atoms with Gasteiger partial charge in [-0.3, -0.25) is 9.59 Å². The number of carbonyl (C=O) groups is 2. The highest BCUT2D eigenvalue weighted by Crippen LogP contribution is 2.15. The van der Waals surface area contributed by atoms with Crippen molar-refractivity contribution in [3.8, 4) is 0 Å². The van der Waals surface area contributed by atoms with E-state index in [2.05, 4.69) is 36.8 Å². The van der Waals surface area contributed by atoms with Crippen LogP contribution in [0, 0.1) is 0 Å². The molecule has 1 aromatic heterocycles. The molecule has 0 aliphatic carbocycles. The van der Waals surface area contributed by atoms with Crippen molar-refractivity contribution in [3.05, 3.63) is 76.3 Å². The summed E-state index contributed by atoms with van der Waals surface area (Å²) in [6.45, 7) is 3.25. The maximum atomic E-state index is 12.4. The molecule has 3 aromatic rings. The number of carbonyl (C=O) groups excluding carboxylic acids is 2. The van der Waals surface area contributed by atoms with Crippen molar-refractivity contribution < 1.29 is 9.59 Å². The summed E-state index contributed by atoms with van der Waals surface area (Å²) in [6, 6.07) is 14.0. The van der Waals surface area contributed by atoms with Crippen LogP contribution in [0.4, 0.5) is 5.69 Å². The minimum atomic E-state index is -0.238. The topological polar surface area (TPSA) is 88.9 Å². The molecule has 28 heavy (non-hydrogen) atoms. The van der Waals surface area contributed by atoms with Crippen molar-refractivity contribution >= 4 is 33.4 Å². The predicted molar refractivity (Wildman–Crippen MR) is 110 cm³/mol. The van der Waals surface area contributed by atoms with E-state index in [9.17, 15) is 9.59 Å². The van der Waals surface area contributed by atoms with Gasteiger partial charge in [0.2, 0.25) is 0 Å². The van der Waals surface area contributed by atoms with Gasteiger partial charge in [0.15, 0.2) is 0 Å². The molecule has 2 aromatic carbocycles. The van der Waals surface area contributed by atoms with Gasteiger partial charge in [0.05, 0.1) is 0 Å². The number of amides is 2. The third-order valence-corrected chi connectivity index (χ3v) is 4.63. The van der Waals surface area contributed by atoms with E-state index >= 15 is 0 Å². The molecule has 0 radical (unpaired) electrons. The summed E-state index contributed by atoms with van der Waals surface area (Å²) in [7, 11) is 0. The molecule has 0 aliphatic heterocycles. The number of nitrogens with zero attached hydrogens (tertiary/aromatic N) is 3. The summed E-state index contributed by atoms with van der Waals surface area (Å²) >= 11 is 3.35. The first-order valence-corrected chi connectivity index (χ1v) is 9.68. The maximum absolute atomic E-state index is 12.4. The highest BCUT2D eigenvalue weighted by Gasteiger charge is 2.10. The van der Waals surface area contributed by atoms with E-state index in [0.717, 1.165) is 16.8 Å². The van der Waals surface area contributed by atoms with Crippen LogP contribution in [-0.2, 0) is 13.0 Å². The van der Waals surface area contributed by atoms with Crippen molar-refractivity contribution in [2.75, 3.05) is 11.9 Å². The van der Waals surface area contributed by atoms with Gasteiger partial charge in [0, 0.05) is 40.8 Å². The fourth-order valence-electron chi connectivity index (χ4n) is 2.70. The Kier molecular flexibility index (Phi) is 6.54. The van der Waals surface area contributed by atoms with Crippen molar-refractivity contribution in [2.45, 2.75) is 19.9 Å². The summed E-state index contributed by atoms with van der Waals surface area (Å²) in [4.78, 5) is 24.8. The zero-order valence-corrected chi connectivity index (χ0v) is 16.9. The average molecular weight is 442 g/mol. The first-order valence-electron chi connectivity index (χ1n) is 8.88. The van der Waals surface area contributed by atoms with Crippen LogP contribution in [0.1, 0.15) is 33.5 Å². The molecule has 0 unspecified atom stereocenters. The number of aromatic nitrogens is 3. The van der Waals surface area contributed by atoms with E-state index < -0.39 is 0 Å². The van der Waals surface area contributed by atoms with Gasteiger partial charge in [0.1, 0.15) is 12.2 Å². The SMILES string of the molecule is CCn1cnnc1CCNC(=O)c1cccc(NC(=O)c2cccc(Br)c2)c1. The quantitative estimate of drug-likeness (QED) is 0.588. The highest BCUT2D eigenvalue weighted by molar-refractivity contribution is 9.10. The fourth-order valence-corrected chi connectivity index (χ4v) is 3.10. The van der Waals surface area contributed by atoms with Crippen LogP contribution in [0.5, 0.6) is 0 Å². The average Bonchev–Trinajstić information content (AvgIpc) is 3.15. The lowest BCUT2D eigenvalue weighted by Crippen LogP contribution is -2.26. The number of rotatable bonds is 7. The molecular formula is C20H20BrN5O2. The fraction of sp³-hybridized carbons (Fsp3) is 0.200. The number of halogens is 1. The third-order valence-electron chi connectivity index (χ3n) is 4.14. The summed E-state index contributed by atoms with van der Waals surface area (Å²) in [5.41, 5.74) is 1.57. The zero-order valence-electron chi connectivity index (χ0n) is 15.4. The Morgan fingerprint density at radius 1 is 1.07 bits per heavy atom. The second kappa shape index (κ2) is 9.27. The van der Waals surface area contributed by atoms with Crippen LogP contribution in [0.3, 0.4) is 0 Å². The molecule has 3 rings (SSSR count). The van der Waals surface area contributed by atoms with E-state index in [0.29, 0.717) is 29.8 Å². The lowest BCUT2D eigenvalue weighted by molar-refractivity contribution is 0.0952. The number of anilines is 1. The van der Waals surface area contributed by atoms with Gasteiger partial charge in [-0.05, 0) is 43.3 Å². The molecule has 2 N–H and O–H groups in total. The van der Waals surface area contributed by atoms with E-state index in [1.807, 2.05) is 17.6 Å². The van der Waals surface area contributed by atoms with Crippen LogP contribution < -0.4 is 10.6 Å². The number of aryl methyl sites for hydroxylation is 1. The van der Waals surface area contributed by atoms with Gasteiger partial charge in [-0.25, -0.2) is 0 Å². The Bertz CT molecular complexity index is 986. The van der Waals surface area contributed by atoms with Gasteiger partial charge in [-0.15, -0.1) is 10.2 Å². The Morgan fingerprint density at radius 3 is 2.57 bits per heavy atom. The van der Waals surface area contributed by atoms with E-state index in [1.165, 1.54) is 0 Å². The maximum Gasteiger partial charge on any atom is 0.255 e. The molecular weight excluding hydrogens is 422 g/mol. The summed E-state index contributed by atoms with van der Waals surface area (Å²) in [5.74, 6) is 0.386. The third kappa shape index (κ3) is 5.04. The molecule has 0 atom stereocenters. The summed E-state index contributed by atoms with van der Waals surface area (Å²) in [5, 5.41) is 13.6. The smallest absolute Gasteiger partial charge is 0.255 e. The molecule has 0 bridgehead atoms. The molecule has 2 amide bonds. The van der Waals surface area contributed by atoms with Crippen LogP contribution >= 0.6 is 15.9 Å². The Balaban J connectivity index is 1.59. The molecule has 144 valence electrons. The van der Waals surface area contributed by atoms with Gasteiger partial charge >= 0.3 is 0 Å². The van der Waals surface area contributed by atoms with Crippen LogP contribution in [0.2, 0.25) is 0 Å². The number of benzene rings is 2. The minimum absolute atomic E-state index is 0.207. The normalized spacial score (nSPS) is 10.5. The van der Waals surface area contributed by atoms with Gasteiger partial charge < -0.3 is 15.2 Å². The Labute approximate surface area is 171 Å². The van der Waals surface area contributed by atoms with Crippen molar-refractivity contribution in [3.63, 3.8) is 0 Å². The van der Waals surface area contributed by atoms with Crippen LogP contribution in [-0.4, -0.2) is 33.1 Å².